The van der Waals surface area contributed by atoms with Gasteiger partial charge in [0.25, 0.3) is 0 Å². The van der Waals surface area contributed by atoms with Gasteiger partial charge in [-0.3, -0.25) is 9.59 Å². The highest BCUT2D eigenvalue weighted by Gasteiger charge is 2.35. The first kappa shape index (κ1) is 18.2. The molecule has 136 valence electrons. The topological polar surface area (TPSA) is 40.6 Å². The summed E-state index contributed by atoms with van der Waals surface area (Å²) in [5, 5.41) is 0. The van der Waals surface area contributed by atoms with Crippen molar-refractivity contribution in [1.82, 2.24) is 4.90 Å². The van der Waals surface area contributed by atoms with Gasteiger partial charge in [0.1, 0.15) is 6.04 Å². The van der Waals surface area contributed by atoms with E-state index in [9.17, 15) is 9.59 Å². The minimum absolute atomic E-state index is 0.00184. The number of rotatable bonds is 4. The predicted molar refractivity (Wildman–Crippen MR) is 104 cm³/mol. The monoisotopic (exact) mass is 350 g/mol. The van der Waals surface area contributed by atoms with Crippen LogP contribution in [0.3, 0.4) is 0 Å². The Balaban J connectivity index is 1.67. The number of hydrogen-bond acceptors (Lipinski definition) is 2. The fourth-order valence-electron chi connectivity index (χ4n) is 3.50. The number of amides is 2. The van der Waals surface area contributed by atoms with Crippen LogP contribution in [0.2, 0.25) is 0 Å². The maximum absolute atomic E-state index is 12.9. The highest BCUT2D eigenvalue weighted by molar-refractivity contribution is 6.00. The van der Waals surface area contributed by atoms with Crippen molar-refractivity contribution in [1.29, 1.82) is 0 Å². The van der Waals surface area contributed by atoms with Gasteiger partial charge in [0.05, 0.1) is 0 Å². The number of piperazine rings is 1. The lowest BCUT2D eigenvalue weighted by Crippen LogP contribution is -2.58. The van der Waals surface area contributed by atoms with Crippen molar-refractivity contribution < 1.29 is 9.59 Å². The summed E-state index contributed by atoms with van der Waals surface area (Å²) >= 11 is 0. The largest absolute Gasteiger partial charge is 0.329 e. The van der Waals surface area contributed by atoms with E-state index in [2.05, 4.69) is 6.07 Å². The van der Waals surface area contributed by atoms with Crippen molar-refractivity contribution >= 4 is 17.5 Å². The third-order valence-corrected chi connectivity index (χ3v) is 5.10. The summed E-state index contributed by atoms with van der Waals surface area (Å²) in [5.74, 6) is 0.0494. The summed E-state index contributed by atoms with van der Waals surface area (Å²) in [6.07, 6.45) is 1.14. The average molecular weight is 350 g/mol. The molecule has 1 heterocycles. The standard InChI is InChI=1S/C22H26N2O2/c1-16-9-10-17(2)20(15-16)24-14-13-23(18(3)22(24)26)21(25)12-11-19-7-5-4-6-8-19/h4-10,15,18H,11-14H2,1-3H3. The van der Waals surface area contributed by atoms with Gasteiger partial charge in [-0.2, -0.15) is 0 Å². The number of anilines is 1. The van der Waals surface area contributed by atoms with Gasteiger partial charge < -0.3 is 9.80 Å². The smallest absolute Gasteiger partial charge is 0.249 e. The Morgan fingerprint density at radius 3 is 2.54 bits per heavy atom. The zero-order chi connectivity index (χ0) is 18.7. The van der Waals surface area contributed by atoms with E-state index >= 15 is 0 Å². The normalized spacial score (nSPS) is 17.5. The van der Waals surface area contributed by atoms with Crippen molar-refractivity contribution in [2.24, 2.45) is 0 Å². The molecule has 4 heteroatoms. The van der Waals surface area contributed by atoms with Gasteiger partial charge in [0.2, 0.25) is 11.8 Å². The molecule has 0 spiro atoms. The van der Waals surface area contributed by atoms with Crippen LogP contribution in [0.1, 0.15) is 30.0 Å². The van der Waals surface area contributed by atoms with Crippen molar-refractivity contribution in [2.45, 2.75) is 39.7 Å². The summed E-state index contributed by atoms with van der Waals surface area (Å²) in [6.45, 7) is 7.00. The fraction of sp³-hybridized carbons (Fsp3) is 0.364. The minimum Gasteiger partial charge on any atom is -0.329 e. The van der Waals surface area contributed by atoms with Gasteiger partial charge in [0, 0.05) is 25.2 Å². The molecular formula is C22H26N2O2. The molecule has 2 aromatic rings. The molecule has 3 rings (SSSR count). The number of aryl methyl sites for hydroxylation is 3. The Hall–Kier alpha value is -2.62. The van der Waals surface area contributed by atoms with Crippen molar-refractivity contribution in [3.8, 4) is 0 Å². The van der Waals surface area contributed by atoms with E-state index < -0.39 is 6.04 Å². The van der Waals surface area contributed by atoms with Crippen molar-refractivity contribution in [3.63, 3.8) is 0 Å². The van der Waals surface area contributed by atoms with E-state index in [1.165, 1.54) is 0 Å². The highest BCUT2D eigenvalue weighted by Crippen LogP contribution is 2.25. The zero-order valence-corrected chi connectivity index (χ0v) is 15.7. The summed E-state index contributed by atoms with van der Waals surface area (Å²) in [5.41, 5.74) is 4.32. The molecule has 0 aliphatic carbocycles. The lowest BCUT2D eigenvalue weighted by molar-refractivity contribution is -0.140. The zero-order valence-electron chi connectivity index (χ0n) is 15.7. The maximum Gasteiger partial charge on any atom is 0.249 e. The number of nitrogens with zero attached hydrogens (tertiary/aromatic N) is 2. The van der Waals surface area contributed by atoms with Crippen molar-refractivity contribution in [3.05, 3.63) is 65.2 Å². The fourth-order valence-corrected chi connectivity index (χ4v) is 3.50. The first-order valence-corrected chi connectivity index (χ1v) is 9.19. The van der Waals surface area contributed by atoms with Crippen LogP contribution < -0.4 is 4.90 Å². The van der Waals surface area contributed by atoms with Gasteiger partial charge in [-0.1, -0.05) is 42.5 Å². The van der Waals surface area contributed by atoms with Crippen LogP contribution in [-0.4, -0.2) is 35.8 Å². The molecule has 0 bridgehead atoms. The quantitative estimate of drug-likeness (QED) is 0.847. The molecule has 1 saturated heterocycles. The Morgan fingerprint density at radius 1 is 1.08 bits per heavy atom. The van der Waals surface area contributed by atoms with Crippen LogP contribution in [0.5, 0.6) is 0 Å². The van der Waals surface area contributed by atoms with Crippen LogP contribution in [0.4, 0.5) is 5.69 Å². The van der Waals surface area contributed by atoms with Crippen LogP contribution in [-0.2, 0) is 16.0 Å². The van der Waals surface area contributed by atoms with E-state index in [0.29, 0.717) is 25.9 Å². The number of hydrogen-bond donors (Lipinski definition) is 0. The number of benzene rings is 2. The van der Waals surface area contributed by atoms with E-state index in [-0.39, 0.29) is 11.8 Å². The Labute approximate surface area is 155 Å². The van der Waals surface area contributed by atoms with E-state index in [1.807, 2.05) is 68.1 Å². The molecule has 26 heavy (non-hydrogen) atoms. The van der Waals surface area contributed by atoms with Crippen LogP contribution in [0.25, 0.3) is 0 Å². The van der Waals surface area contributed by atoms with Crippen LogP contribution >= 0.6 is 0 Å². The summed E-state index contributed by atoms with van der Waals surface area (Å²) in [6, 6.07) is 15.7. The minimum atomic E-state index is -0.424. The molecule has 0 N–H and O–H groups in total. The maximum atomic E-state index is 12.9. The van der Waals surface area contributed by atoms with Gasteiger partial charge in [0.15, 0.2) is 0 Å². The number of carbonyl (C=O) groups excluding carboxylic acids is 2. The first-order valence-electron chi connectivity index (χ1n) is 9.19. The summed E-state index contributed by atoms with van der Waals surface area (Å²) < 4.78 is 0. The van der Waals surface area contributed by atoms with Gasteiger partial charge in [-0.25, -0.2) is 0 Å². The second-order valence-electron chi connectivity index (χ2n) is 7.03. The molecule has 0 radical (unpaired) electrons. The van der Waals surface area contributed by atoms with E-state index in [4.69, 9.17) is 0 Å². The summed E-state index contributed by atoms with van der Waals surface area (Å²) in [7, 11) is 0. The molecule has 2 aromatic carbocycles. The second kappa shape index (κ2) is 7.73. The average Bonchev–Trinajstić information content (AvgIpc) is 2.65. The molecule has 1 aliphatic heterocycles. The third-order valence-electron chi connectivity index (χ3n) is 5.10. The Kier molecular flexibility index (Phi) is 5.40. The van der Waals surface area contributed by atoms with Gasteiger partial charge in [-0.05, 0) is 49.9 Å². The molecule has 1 fully saturated rings. The van der Waals surface area contributed by atoms with Crippen LogP contribution in [0.15, 0.2) is 48.5 Å². The first-order chi connectivity index (χ1) is 12.5. The lowest BCUT2D eigenvalue weighted by Gasteiger charge is -2.39. The highest BCUT2D eigenvalue weighted by atomic mass is 16.2. The molecule has 1 atom stereocenters. The van der Waals surface area contributed by atoms with E-state index in [0.717, 1.165) is 22.4 Å². The number of carbonyl (C=O) groups is 2. The van der Waals surface area contributed by atoms with Crippen molar-refractivity contribution in [2.75, 3.05) is 18.0 Å². The second-order valence-corrected chi connectivity index (χ2v) is 7.03. The van der Waals surface area contributed by atoms with Crippen LogP contribution in [0, 0.1) is 13.8 Å². The molecule has 0 saturated carbocycles. The molecule has 0 aromatic heterocycles. The third kappa shape index (κ3) is 3.79. The Bertz CT molecular complexity index is 801. The molecule has 4 nitrogen and oxygen atoms in total. The van der Waals surface area contributed by atoms with E-state index in [1.54, 1.807) is 4.90 Å². The summed E-state index contributed by atoms with van der Waals surface area (Å²) in [4.78, 5) is 29.1. The lowest BCUT2D eigenvalue weighted by atomic mass is 10.1. The molecule has 2 amide bonds. The molecular weight excluding hydrogens is 324 g/mol. The predicted octanol–water partition coefficient (Wildman–Crippen LogP) is 3.50. The molecule has 1 unspecified atom stereocenters. The SMILES string of the molecule is Cc1ccc(C)c(N2CCN(C(=O)CCc3ccccc3)C(C)C2=O)c1. The van der Waals surface area contributed by atoms with Gasteiger partial charge >= 0.3 is 0 Å². The molecule has 1 aliphatic rings. The van der Waals surface area contributed by atoms with Gasteiger partial charge in [-0.15, -0.1) is 0 Å². The Morgan fingerprint density at radius 2 is 1.81 bits per heavy atom.